The maximum absolute atomic E-state index is 11.8. The predicted octanol–water partition coefficient (Wildman–Crippen LogP) is 16.0. The van der Waals surface area contributed by atoms with Gasteiger partial charge in [0.2, 0.25) is 0 Å². The molecule has 0 radical (unpaired) electrons. The van der Waals surface area contributed by atoms with Crippen molar-refractivity contribution in [1.82, 2.24) is 0 Å². The lowest BCUT2D eigenvalue weighted by Gasteiger charge is -2.11. The van der Waals surface area contributed by atoms with Crippen molar-refractivity contribution in [2.24, 2.45) is 0 Å². The van der Waals surface area contributed by atoms with Gasteiger partial charge in [-0.15, -0.1) is 0 Å². The van der Waals surface area contributed by atoms with Crippen LogP contribution in [-0.4, -0.2) is 49.8 Å². The third kappa shape index (κ3) is 23.6. The van der Waals surface area contributed by atoms with E-state index >= 15 is 0 Å². The fourth-order valence-electron chi connectivity index (χ4n) is 7.58. The van der Waals surface area contributed by atoms with E-state index in [0.717, 1.165) is 78.4 Å². The molecule has 0 unspecified atom stereocenters. The first kappa shape index (κ1) is 65.2. The number of hydrogen-bond acceptors (Lipinski definition) is 11. The average Bonchev–Trinajstić information content (AvgIpc) is 3.47. The first-order valence-electron chi connectivity index (χ1n) is 26.5. The zero-order valence-corrected chi connectivity index (χ0v) is 49.5. The van der Waals surface area contributed by atoms with Crippen molar-refractivity contribution >= 4 is 35.3 Å². The fourth-order valence-corrected chi connectivity index (χ4v) is 7.58. The second kappa shape index (κ2) is 34.0. The quantitative estimate of drug-likeness (QED) is 0.0693. The molecule has 0 aliphatic heterocycles. The van der Waals surface area contributed by atoms with Gasteiger partial charge in [0.05, 0.1) is 27.9 Å². The lowest BCUT2D eigenvalue weighted by Crippen LogP contribution is -2.13. The third-order valence-electron chi connectivity index (χ3n) is 12.4. The van der Waals surface area contributed by atoms with Crippen LogP contribution < -0.4 is 30.2 Å². The summed E-state index contributed by atoms with van der Waals surface area (Å²) < 4.78 is 31.1. The van der Waals surface area contributed by atoms with Gasteiger partial charge in [0, 0.05) is 28.2 Å². The van der Waals surface area contributed by atoms with E-state index in [2.05, 4.69) is 28.1 Å². The Balaban J connectivity index is 0.000000227. The summed E-state index contributed by atoms with van der Waals surface area (Å²) in [5.74, 6) is 2.16. The Labute approximate surface area is 484 Å². The largest absolute Gasteiger partial charge is 0.504 e. The molecule has 14 nitrogen and oxygen atoms in total. The van der Waals surface area contributed by atoms with Gasteiger partial charge in [0.15, 0.2) is 11.5 Å². The van der Waals surface area contributed by atoms with Gasteiger partial charge in [0.1, 0.15) is 31.3 Å². The van der Waals surface area contributed by atoms with Crippen molar-refractivity contribution in [3.63, 3.8) is 0 Å². The number of phenols is 1. The lowest BCUT2D eigenvalue weighted by atomic mass is 10.1. The number of amides is 3. The number of aliphatic hydroxyl groups excluding tert-OH is 1. The van der Waals surface area contributed by atoms with E-state index in [1.54, 1.807) is 26.4 Å². The molecule has 3 amide bonds. The SMILES string of the molecule is COc1cc(C)ccc1COC(=O)Nc1ccc(C)cc1.COc1cc(C)ccc1COC(=O)Nc1ccc(C)cc1.COc1ccc(C)cc1O.Cc1ccc(CO)c(C)c1.Cc1ccc(NC(=O)OCc2ccc(C)cc2C)cc1. The summed E-state index contributed by atoms with van der Waals surface area (Å²) in [5.41, 5.74) is 17.3. The summed E-state index contributed by atoms with van der Waals surface area (Å²) in [6, 6.07) is 51.6. The molecule has 0 spiro atoms. The molecule has 8 aromatic rings. The van der Waals surface area contributed by atoms with E-state index in [9.17, 15) is 14.4 Å². The number of carbonyl (C=O) groups is 3. The van der Waals surface area contributed by atoms with Crippen molar-refractivity contribution in [3.05, 3.63) is 242 Å². The molecule has 432 valence electrons. The van der Waals surface area contributed by atoms with E-state index in [0.29, 0.717) is 17.1 Å². The van der Waals surface area contributed by atoms with E-state index in [1.165, 1.54) is 23.8 Å². The Morgan fingerprint density at radius 3 is 0.939 bits per heavy atom. The Bertz CT molecular complexity index is 3120. The van der Waals surface area contributed by atoms with E-state index < -0.39 is 18.3 Å². The maximum atomic E-state index is 11.8. The summed E-state index contributed by atoms with van der Waals surface area (Å²) in [6.45, 7) is 20.8. The van der Waals surface area contributed by atoms with Gasteiger partial charge in [-0.2, -0.15) is 0 Å². The van der Waals surface area contributed by atoms with Crippen LogP contribution in [0, 0.1) is 69.2 Å². The number of nitrogens with one attached hydrogen (secondary N) is 3. The smallest absolute Gasteiger partial charge is 0.411 e. The first-order chi connectivity index (χ1) is 39.2. The van der Waals surface area contributed by atoms with Crippen molar-refractivity contribution in [3.8, 4) is 23.0 Å². The fraction of sp³-hybridized carbons (Fsp3) is 0.250. The summed E-state index contributed by atoms with van der Waals surface area (Å²) in [7, 11) is 4.74. The predicted molar refractivity (Wildman–Crippen MR) is 328 cm³/mol. The second-order valence-electron chi connectivity index (χ2n) is 19.5. The van der Waals surface area contributed by atoms with Crippen LogP contribution in [0.15, 0.2) is 164 Å². The molecule has 0 atom stereocenters. The number of phenolic OH excluding ortho intramolecular Hbond substituents is 1. The number of aliphatic hydroxyl groups is 1. The highest BCUT2D eigenvalue weighted by Gasteiger charge is 2.11. The van der Waals surface area contributed by atoms with Crippen LogP contribution >= 0.6 is 0 Å². The molecule has 0 fully saturated rings. The highest BCUT2D eigenvalue weighted by Crippen LogP contribution is 2.26. The molecule has 0 saturated carbocycles. The van der Waals surface area contributed by atoms with E-state index in [1.807, 2.05) is 209 Å². The number of hydrogen-bond donors (Lipinski definition) is 5. The van der Waals surface area contributed by atoms with Crippen LogP contribution in [0.4, 0.5) is 31.4 Å². The van der Waals surface area contributed by atoms with Crippen molar-refractivity contribution in [2.75, 3.05) is 37.3 Å². The van der Waals surface area contributed by atoms with Gasteiger partial charge in [-0.25, -0.2) is 14.4 Å². The minimum Gasteiger partial charge on any atom is -0.504 e. The summed E-state index contributed by atoms with van der Waals surface area (Å²) >= 11 is 0. The van der Waals surface area contributed by atoms with Gasteiger partial charge in [-0.1, -0.05) is 131 Å². The zero-order chi connectivity index (χ0) is 60.1. The third-order valence-corrected chi connectivity index (χ3v) is 12.4. The zero-order valence-electron chi connectivity index (χ0n) is 49.5. The standard InChI is InChI=1S/2C17H19NO3.C17H19NO2.C9H12O.C8H10O2/c2*1-12-5-8-15(9-6-12)18-17(19)21-11-14-7-4-13(2)10-16(14)20-3;1-12-5-8-16(9-6-12)18-17(19)20-11-15-7-4-13(2)10-14(15)3;1-7-3-4-9(6-10)8(2)5-7;1-6-3-4-8(10-2)7(9)5-6/h2*4-10H,11H2,1-3H3,(H,18,19);4-10H,11H2,1-3H3,(H,18,19);3-5,10H,6H2,1-2H3;3-5,9H,1-2H3. The molecule has 14 heteroatoms. The molecule has 0 aromatic heterocycles. The van der Waals surface area contributed by atoms with Crippen molar-refractivity contribution in [1.29, 1.82) is 0 Å². The minimum atomic E-state index is -0.485. The highest BCUT2D eigenvalue weighted by atomic mass is 16.6. The van der Waals surface area contributed by atoms with Crippen LogP contribution in [0.5, 0.6) is 23.0 Å². The molecule has 0 saturated heterocycles. The number of aromatic hydroxyl groups is 1. The molecule has 0 aliphatic rings. The first-order valence-corrected chi connectivity index (χ1v) is 26.5. The Hall–Kier alpha value is -9.27. The highest BCUT2D eigenvalue weighted by molar-refractivity contribution is 5.85. The van der Waals surface area contributed by atoms with Gasteiger partial charge >= 0.3 is 18.3 Å². The minimum absolute atomic E-state index is 0.145. The van der Waals surface area contributed by atoms with Gasteiger partial charge < -0.3 is 38.6 Å². The summed E-state index contributed by atoms with van der Waals surface area (Å²) in [4.78, 5) is 35.2. The Morgan fingerprint density at radius 1 is 0.341 bits per heavy atom. The topological polar surface area (TPSA) is 183 Å². The molecular weight excluding hydrogens is 1030 g/mol. The number of carbonyl (C=O) groups excluding carboxylic acids is 3. The maximum Gasteiger partial charge on any atom is 0.411 e. The number of aryl methyl sites for hydroxylation is 10. The van der Waals surface area contributed by atoms with Crippen molar-refractivity contribution < 1.29 is 53.0 Å². The Morgan fingerprint density at radius 2 is 0.622 bits per heavy atom. The number of ether oxygens (including phenoxy) is 6. The monoisotopic (exact) mass is 1110 g/mol. The molecular formula is C68H79N3O11. The Kier molecular flexibility index (Phi) is 27.1. The van der Waals surface area contributed by atoms with Crippen LogP contribution in [0.3, 0.4) is 0 Å². The average molecular weight is 1110 g/mol. The molecule has 0 bridgehead atoms. The summed E-state index contributed by atoms with van der Waals surface area (Å²) in [5, 5.41) is 26.1. The molecule has 8 aromatic carbocycles. The van der Waals surface area contributed by atoms with Gasteiger partial charge in [-0.05, 0) is 169 Å². The summed E-state index contributed by atoms with van der Waals surface area (Å²) in [6.07, 6.45) is -1.41. The van der Waals surface area contributed by atoms with Crippen LogP contribution in [0.2, 0.25) is 0 Å². The number of rotatable bonds is 13. The number of benzene rings is 8. The molecule has 8 rings (SSSR count). The molecule has 5 N–H and O–H groups in total. The number of anilines is 3. The molecule has 0 heterocycles. The van der Waals surface area contributed by atoms with E-state index in [4.69, 9.17) is 38.6 Å². The van der Waals surface area contributed by atoms with Gasteiger partial charge in [-0.3, -0.25) is 16.0 Å². The van der Waals surface area contributed by atoms with Crippen LogP contribution in [0.1, 0.15) is 77.9 Å². The second-order valence-corrected chi connectivity index (χ2v) is 19.5. The molecule has 82 heavy (non-hydrogen) atoms. The van der Waals surface area contributed by atoms with Crippen LogP contribution in [0.25, 0.3) is 0 Å². The van der Waals surface area contributed by atoms with Gasteiger partial charge in [0.25, 0.3) is 0 Å². The van der Waals surface area contributed by atoms with Crippen molar-refractivity contribution in [2.45, 2.75) is 95.7 Å². The van der Waals surface area contributed by atoms with Crippen LogP contribution in [-0.2, 0) is 40.6 Å². The normalized spacial score (nSPS) is 9.98. The molecule has 0 aliphatic carbocycles. The lowest BCUT2D eigenvalue weighted by molar-refractivity contribution is 0.153. The number of methoxy groups -OCH3 is 3. The van der Waals surface area contributed by atoms with E-state index in [-0.39, 0.29) is 32.2 Å².